The summed E-state index contributed by atoms with van der Waals surface area (Å²) < 4.78 is 11.5. The highest BCUT2D eigenvalue weighted by Gasteiger charge is 2.22. The van der Waals surface area contributed by atoms with Crippen molar-refractivity contribution >= 4 is 5.91 Å². The van der Waals surface area contributed by atoms with Gasteiger partial charge in [-0.05, 0) is 55.8 Å². The summed E-state index contributed by atoms with van der Waals surface area (Å²) >= 11 is 0. The second-order valence-corrected chi connectivity index (χ2v) is 7.15. The molecule has 2 aromatic carbocycles. The lowest BCUT2D eigenvalue weighted by atomic mass is 10.1. The molecule has 0 saturated carbocycles. The molecule has 2 atom stereocenters. The monoisotopic (exact) mass is 384 g/mol. The summed E-state index contributed by atoms with van der Waals surface area (Å²) in [7, 11) is 0. The number of likely N-dealkylation sites (tertiary alicyclic amines) is 1. The molecule has 2 unspecified atom stereocenters. The quantitative estimate of drug-likeness (QED) is 0.732. The van der Waals surface area contributed by atoms with Gasteiger partial charge < -0.3 is 19.9 Å². The number of carbonyl (C=O) groups excluding carboxylic acids is 1. The molecule has 1 saturated heterocycles. The molecule has 3 rings (SSSR count). The maximum atomic E-state index is 11.2. The van der Waals surface area contributed by atoms with Crippen LogP contribution >= 0.6 is 0 Å². The number of aliphatic hydroxyl groups excluding tert-OH is 1. The van der Waals surface area contributed by atoms with Crippen LogP contribution in [0.4, 0.5) is 0 Å². The number of hydrogen-bond acceptors (Lipinski definition) is 5. The Labute approximate surface area is 166 Å². The number of nitrogens with one attached hydrogen (secondary N) is 1. The minimum absolute atomic E-state index is 0.00424. The number of piperidine rings is 1. The Morgan fingerprint density at radius 1 is 1.14 bits per heavy atom. The van der Waals surface area contributed by atoms with E-state index in [9.17, 15) is 9.90 Å². The Kier molecular flexibility index (Phi) is 7.28. The molecular formula is C22H28N2O4. The molecule has 28 heavy (non-hydrogen) atoms. The third kappa shape index (κ3) is 6.55. The Morgan fingerprint density at radius 2 is 1.82 bits per heavy atom. The summed E-state index contributed by atoms with van der Waals surface area (Å²) in [6, 6.07) is 17.1. The van der Waals surface area contributed by atoms with Gasteiger partial charge in [0, 0.05) is 26.1 Å². The molecule has 0 radical (unpaired) electrons. The summed E-state index contributed by atoms with van der Waals surface area (Å²) in [5.74, 6) is 2.20. The fraction of sp³-hybridized carbons (Fsp3) is 0.409. The van der Waals surface area contributed by atoms with E-state index in [-0.39, 0.29) is 18.6 Å². The number of para-hydroxylation sites is 1. The summed E-state index contributed by atoms with van der Waals surface area (Å²) in [6.07, 6.45) is 1.41. The second kappa shape index (κ2) is 10.1. The van der Waals surface area contributed by atoms with E-state index in [4.69, 9.17) is 9.47 Å². The number of hydrogen-bond donors (Lipinski definition) is 2. The first-order valence-corrected chi connectivity index (χ1v) is 9.72. The van der Waals surface area contributed by atoms with Gasteiger partial charge in [0.25, 0.3) is 0 Å². The maximum Gasteiger partial charge on any atom is 0.217 e. The summed E-state index contributed by atoms with van der Waals surface area (Å²) in [5.41, 5.74) is 0. The first-order valence-electron chi connectivity index (χ1n) is 9.72. The molecule has 1 aliphatic heterocycles. The van der Waals surface area contributed by atoms with Crippen LogP contribution in [-0.2, 0) is 4.79 Å². The van der Waals surface area contributed by atoms with Crippen LogP contribution in [0.25, 0.3) is 0 Å². The fourth-order valence-corrected chi connectivity index (χ4v) is 3.40. The van der Waals surface area contributed by atoms with Gasteiger partial charge in [-0.15, -0.1) is 0 Å². The zero-order valence-corrected chi connectivity index (χ0v) is 16.2. The summed E-state index contributed by atoms with van der Waals surface area (Å²) in [4.78, 5) is 13.4. The molecule has 150 valence electrons. The minimum Gasteiger partial charge on any atom is -0.491 e. The first-order chi connectivity index (χ1) is 13.6. The van der Waals surface area contributed by atoms with Crippen LogP contribution in [0.1, 0.15) is 19.8 Å². The molecule has 2 aromatic rings. The van der Waals surface area contributed by atoms with Gasteiger partial charge in [0.15, 0.2) is 0 Å². The van der Waals surface area contributed by atoms with Crippen molar-refractivity contribution in [2.24, 2.45) is 0 Å². The Bertz CT molecular complexity index is 736. The van der Waals surface area contributed by atoms with E-state index < -0.39 is 6.10 Å². The van der Waals surface area contributed by atoms with Crippen molar-refractivity contribution in [3.63, 3.8) is 0 Å². The standard InChI is InChI=1S/C22H28N2O4/c1-17(25)23-18-6-5-13-24(14-18)15-19(26)16-27-20-9-11-22(12-10-20)28-21-7-3-2-4-8-21/h2-4,7-12,18-19,26H,5-6,13-16H2,1H3,(H,23,25). The highest BCUT2D eigenvalue weighted by Crippen LogP contribution is 2.23. The van der Waals surface area contributed by atoms with Crippen molar-refractivity contribution in [2.45, 2.75) is 31.9 Å². The van der Waals surface area contributed by atoms with Gasteiger partial charge in [0.2, 0.25) is 5.91 Å². The summed E-state index contributed by atoms with van der Waals surface area (Å²) in [6.45, 7) is 3.99. The lowest BCUT2D eigenvalue weighted by Crippen LogP contribution is -2.49. The number of ether oxygens (including phenoxy) is 2. The molecule has 1 heterocycles. The highest BCUT2D eigenvalue weighted by molar-refractivity contribution is 5.73. The average molecular weight is 384 g/mol. The van der Waals surface area contributed by atoms with E-state index in [1.165, 1.54) is 6.92 Å². The van der Waals surface area contributed by atoms with E-state index in [0.717, 1.165) is 37.4 Å². The molecule has 1 amide bonds. The molecule has 0 spiro atoms. The normalized spacial score (nSPS) is 18.3. The molecular weight excluding hydrogens is 356 g/mol. The Morgan fingerprint density at radius 3 is 2.54 bits per heavy atom. The van der Waals surface area contributed by atoms with Gasteiger partial charge in [0.05, 0.1) is 0 Å². The predicted molar refractivity (Wildman–Crippen MR) is 108 cm³/mol. The molecule has 0 bridgehead atoms. The number of benzene rings is 2. The molecule has 0 aliphatic carbocycles. The van der Waals surface area contributed by atoms with Crippen LogP contribution in [0.5, 0.6) is 17.2 Å². The van der Waals surface area contributed by atoms with Crippen molar-refractivity contribution in [1.29, 1.82) is 0 Å². The topological polar surface area (TPSA) is 71.0 Å². The number of amides is 1. The van der Waals surface area contributed by atoms with E-state index >= 15 is 0 Å². The van der Waals surface area contributed by atoms with Crippen LogP contribution in [0.3, 0.4) is 0 Å². The number of rotatable bonds is 8. The minimum atomic E-state index is -0.587. The van der Waals surface area contributed by atoms with Crippen LogP contribution in [0, 0.1) is 0 Å². The van der Waals surface area contributed by atoms with E-state index in [0.29, 0.717) is 12.3 Å². The average Bonchev–Trinajstić information content (AvgIpc) is 2.68. The highest BCUT2D eigenvalue weighted by atomic mass is 16.5. The SMILES string of the molecule is CC(=O)NC1CCCN(CC(O)COc2ccc(Oc3ccccc3)cc2)C1. The van der Waals surface area contributed by atoms with Gasteiger partial charge in [-0.3, -0.25) is 9.69 Å². The van der Waals surface area contributed by atoms with Gasteiger partial charge >= 0.3 is 0 Å². The van der Waals surface area contributed by atoms with Gasteiger partial charge in [-0.25, -0.2) is 0 Å². The van der Waals surface area contributed by atoms with E-state index in [1.807, 2.05) is 54.6 Å². The third-order valence-electron chi connectivity index (χ3n) is 4.63. The summed E-state index contributed by atoms with van der Waals surface area (Å²) in [5, 5.41) is 13.3. The molecule has 6 nitrogen and oxygen atoms in total. The molecule has 6 heteroatoms. The Hall–Kier alpha value is -2.57. The van der Waals surface area contributed by atoms with Crippen molar-refractivity contribution in [3.8, 4) is 17.2 Å². The smallest absolute Gasteiger partial charge is 0.217 e. The predicted octanol–water partition coefficient (Wildman–Crippen LogP) is 2.82. The number of β-amino-alcohol motifs (C(OH)–C–C–N with tert-alkyl or cyclic N) is 1. The first kappa shape index (κ1) is 20.2. The van der Waals surface area contributed by atoms with Crippen LogP contribution < -0.4 is 14.8 Å². The van der Waals surface area contributed by atoms with Crippen molar-refractivity contribution in [2.75, 3.05) is 26.2 Å². The largest absolute Gasteiger partial charge is 0.491 e. The van der Waals surface area contributed by atoms with Crippen LogP contribution in [-0.4, -0.2) is 54.3 Å². The Balaban J connectivity index is 1.41. The molecule has 0 aromatic heterocycles. The number of aliphatic hydroxyl groups is 1. The molecule has 1 fully saturated rings. The van der Waals surface area contributed by atoms with Gasteiger partial charge in [-0.2, -0.15) is 0 Å². The van der Waals surface area contributed by atoms with Gasteiger partial charge in [0.1, 0.15) is 30.0 Å². The fourth-order valence-electron chi connectivity index (χ4n) is 3.40. The van der Waals surface area contributed by atoms with Crippen molar-refractivity contribution < 1.29 is 19.4 Å². The van der Waals surface area contributed by atoms with Crippen molar-refractivity contribution in [1.82, 2.24) is 10.2 Å². The maximum absolute atomic E-state index is 11.2. The molecule has 1 aliphatic rings. The third-order valence-corrected chi connectivity index (χ3v) is 4.63. The van der Waals surface area contributed by atoms with E-state index in [2.05, 4.69) is 10.2 Å². The zero-order chi connectivity index (χ0) is 19.8. The van der Waals surface area contributed by atoms with Crippen molar-refractivity contribution in [3.05, 3.63) is 54.6 Å². The molecule has 2 N–H and O–H groups in total. The lowest BCUT2D eigenvalue weighted by molar-refractivity contribution is -0.120. The van der Waals surface area contributed by atoms with Crippen LogP contribution in [0.2, 0.25) is 0 Å². The van der Waals surface area contributed by atoms with Gasteiger partial charge in [-0.1, -0.05) is 18.2 Å². The lowest BCUT2D eigenvalue weighted by Gasteiger charge is -2.34. The second-order valence-electron chi connectivity index (χ2n) is 7.15. The number of carbonyl (C=O) groups is 1. The van der Waals surface area contributed by atoms with Crippen LogP contribution in [0.15, 0.2) is 54.6 Å². The number of nitrogens with zero attached hydrogens (tertiary/aromatic N) is 1. The van der Waals surface area contributed by atoms with E-state index in [1.54, 1.807) is 0 Å². The zero-order valence-electron chi connectivity index (χ0n) is 16.2.